The summed E-state index contributed by atoms with van der Waals surface area (Å²) in [5, 5.41) is 2.73. The Kier molecular flexibility index (Phi) is 1.92. The van der Waals surface area contributed by atoms with Crippen molar-refractivity contribution in [1.82, 2.24) is 9.80 Å². The molecule has 2 aliphatic rings. The molecule has 0 saturated carbocycles. The van der Waals surface area contributed by atoms with Gasteiger partial charge in [-0.15, -0.1) is 5.09 Å². The SMILES string of the molecule is CN1C=CN2C=C([B]N=O)C=CC12. The van der Waals surface area contributed by atoms with Crippen molar-refractivity contribution in [3.05, 3.63) is 41.1 Å². The maximum absolute atomic E-state index is 10.0. The summed E-state index contributed by atoms with van der Waals surface area (Å²) in [4.78, 5) is 14.1. The van der Waals surface area contributed by atoms with E-state index >= 15 is 0 Å². The van der Waals surface area contributed by atoms with Crippen LogP contribution in [0, 0.1) is 4.91 Å². The predicted octanol–water partition coefficient (Wildman–Crippen LogP) is 0.828. The van der Waals surface area contributed by atoms with Gasteiger partial charge in [-0.2, -0.15) is 4.91 Å². The summed E-state index contributed by atoms with van der Waals surface area (Å²) in [5.74, 6) is 0. The Morgan fingerprint density at radius 2 is 2.38 bits per heavy atom. The molecule has 0 N–H and O–H groups in total. The standard InChI is InChI=1S/C8H9BN3O/c1-11-4-5-12-6-7(9-10-13)2-3-8(11)12/h2-6,8H,1H3. The number of fused-ring (bicyclic) bond motifs is 1. The van der Waals surface area contributed by atoms with Crippen molar-refractivity contribution in [2.24, 2.45) is 5.09 Å². The Morgan fingerprint density at radius 3 is 3.15 bits per heavy atom. The van der Waals surface area contributed by atoms with Gasteiger partial charge in [-0.1, -0.05) is 6.08 Å². The van der Waals surface area contributed by atoms with Crippen LogP contribution in [0.2, 0.25) is 0 Å². The minimum atomic E-state index is 0.254. The summed E-state index contributed by atoms with van der Waals surface area (Å²) < 4.78 is 0. The molecule has 0 aromatic heterocycles. The molecule has 0 saturated heterocycles. The lowest BCUT2D eigenvalue weighted by Gasteiger charge is -2.28. The Morgan fingerprint density at radius 1 is 1.54 bits per heavy atom. The number of rotatable bonds is 2. The van der Waals surface area contributed by atoms with E-state index in [9.17, 15) is 4.91 Å². The first kappa shape index (κ1) is 8.10. The Labute approximate surface area is 77.4 Å². The molecule has 1 atom stereocenters. The Bertz CT molecular complexity index is 311. The van der Waals surface area contributed by atoms with Crippen molar-refractivity contribution in [2.45, 2.75) is 6.17 Å². The number of hydrogen-bond donors (Lipinski definition) is 0. The Hall–Kier alpha value is -1.52. The fourth-order valence-corrected chi connectivity index (χ4v) is 1.47. The number of hydrogen-bond acceptors (Lipinski definition) is 4. The molecule has 5 heteroatoms. The molecular formula is C8H9BN3O. The van der Waals surface area contributed by atoms with Crippen molar-refractivity contribution in [3.8, 4) is 0 Å². The lowest BCUT2D eigenvalue weighted by Crippen LogP contribution is -2.33. The largest absolute Gasteiger partial charge is 0.375 e. The first-order valence-electron chi connectivity index (χ1n) is 4.05. The number of allylic oxidation sites excluding steroid dienone is 2. The van der Waals surface area contributed by atoms with Gasteiger partial charge in [0.25, 0.3) is 0 Å². The van der Waals surface area contributed by atoms with E-state index in [0.717, 1.165) is 5.47 Å². The summed E-state index contributed by atoms with van der Waals surface area (Å²) in [6.45, 7) is 0. The molecule has 13 heavy (non-hydrogen) atoms. The molecule has 0 aliphatic carbocycles. The highest BCUT2D eigenvalue weighted by atomic mass is 16.2. The van der Waals surface area contributed by atoms with E-state index in [1.807, 2.05) is 42.7 Å². The second kappa shape index (κ2) is 3.09. The van der Waals surface area contributed by atoms with E-state index in [-0.39, 0.29) is 6.17 Å². The number of likely N-dealkylation sites (N-methyl/N-ethyl adjacent to an activating group) is 1. The highest BCUT2D eigenvalue weighted by molar-refractivity contribution is 6.44. The maximum atomic E-state index is 10.0. The third-order valence-corrected chi connectivity index (χ3v) is 2.16. The van der Waals surface area contributed by atoms with Crippen LogP contribution in [-0.4, -0.2) is 30.4 Å². The van der Waals surface area contributed by atoms with E-state index in [4.69, 9.17) is 0 Å². The summed E-state index contributed by atoms with van der Waals surface area (Å²) in [6.07, 6.45) is 10.0. The molecular weight excluding hydrogens is 165 g/mol. The van der Waals surface area contributed by atoms with E-state index in [1.54, 1.807) is 0 Å². The van der Waals surface area contributed by atoms with E-state index in [2.05, 4.69) is 9.99 Å². The molecule has 1 unspecified atom stereocenters. The first-order chi connectivity index (χ1) is 6.31. The van der Waals surface area contributed by atoms with Crippen molar-refractivity contribution in [3.63, 3.8) is 0 Å². The van der Waals surface area contributed by atoms with Gasteiger partial charge in [0, 0.05) is 25.6 Å². The molecule has 0 bridgehead atoms. The van der Waals surface area contributed by atoms with Crippen LogP contribution in [0.4, 0.5) is 0 Å². The third kappa shape index (κ3) is 1.37. The fourth-order valence-electron chi connectivity index (χ4n) is 1.47. The van der Waals surface area contributed by atoms with Gasteiger partial charge in [0.15, 0.2) is 0 Å². The second-order valence-electron chi connectivity index (χ2n) is 3.05. The summed E-state index contributed by atoms with van der Waals surface area (Å²) in [6, 6.07) is 0. The van der Waals surface area contributed by atoms with E-state index in [1.165, 1.54) is 7.41 Å². The normalized spacial score (nSPS) is 24.4. The molecule has 65 valence electrons. The average molecular weight is 174 g/mol. The molecule has 2 aliphatic heterocycles. The van der Waals surface area contributed by atoms with Gasteiger partial charge in [-0.25, -0.2) is 0 Å². The van der Waals surface area contributed by atoms with E-state index < -0.39 is 0 Å². The zero-order valence-corrected chi connectivity index (χ0v) is 7.29. The first-order valence-corrected chi connectivity index (χ1v) is 4.05. The molecule has 0 fully saturated rings. The van der Waals surface area contributed by atoms with Crippen LogP contribution in [0.5, 0.6) is 0 Å². The maximum Gasteiger partial charge on any atom is 0.375 e. The van der Waals surface area contributed by atoms with Crippen LogP contribution >= 0.6 is 0 Å². The highest BCUT2D eigenvalue weighted by Crippen LogP contribution is 2.20. The molecule has 0 aromatic carbocycles. The van der Waals surface area contributed by atoms with Crippen LogP contribution in [0.1, 0.15) is 0 Å². The van der Waals surface area contributed by atoms with Gasteiger partial charge in [0.05, 0.1) is 0 Å². The van der Waals surface area contributed by atoms with Crippen molar-refractivity contribution >= 4 is 7.41 Å². The van der Waals surface area contributed by atoms with Crippen molar-refractivity contribution < 1.29 is 0 Å². The van der Waals surface area contributed by atoms with Gasteiger partial charge in [-0.05, 0) is 11.5 Å². The summed E-state index contributed by atoms with van der Waals surface area (Å²) >= 11 is 0. The zero-order chi connectivity index (χ0) is 9.26. The monoisotopic (exact) mass is 174 g/mol. The van der Waals surface area contributed by atoms with Crippen molar-refractivity contribution in [1.29, 1.82) is 0 Å². The van der Waals surface area contributed by atoms with Gasteiger partial charge in [-0.3, -0.25) is 0 Å². The smallest absolute Gasteiger partial charge is 0.356 e. The van der Waals surface area contributed by atoms with Gasteiger partial charge in [0.1, 0.15) is 6.17 Å². The lowest BCUT2D eigenvalue weighted by molar-refractivity contribution is 0.275. The van der Waals surface area contributed by atoms with Crippen LogP contribution < -0.4 is 0 Å². The minimum absolute atomic E-state index is 0.254. The van der Waals surface area contributed by atoms with Crippen molar-refractivity contribution in [2.75, 3.05) is 7.05 Å². The summed E-state index contributed by atoms with van der Waals surface area (Å²) in [7, 11) is 3.31. The highest BCUT2D eigenvalue weighted by Gasteiger charge is 2.22. The molecule has 0 amide bonds. The zero-order valence-electron chi connectivity index (χ0n) is 7.29. The minimum Gasteiger partial charge on any atom is -0.356 e. The lowest BCUT2D eigenvalue weighted by atomic mass is 9.83. The molecule has 0 spiro atoms. The molecule has 2 rings (SSSR count). The second-order valence-corrected chi connectivity index (χ2v) is 3.05. The molecule has 2 heterocycles. The van der Waals surface area contributed by atoms with Gasteiger partial charge < -0.3 is 9.80 Å². The average Bonchev–Trinajstić information content (AvgIpc) is 2.48. The molecule has 0 aromatic rings. The van der Waals surface area contributed by atoms with Crippen LogP contribution in [0.3, 0.4) is 0 Å². The molecule has 1 radical (unpaired) electrons. The fraction of sp³-hybridized carbons (Fsp3) is 0.250. The number of nitroso groups, excluding NO2 is 1. The van der Waals surface area contributed by atoms with Crippen LogP contribution in [-0.2, 0) is 0 Å². The quantitative estimate of drug-likeness (QED) is 0.459. The van der Waals surface area contributed by atoms with Crippen LogP contribution in [0.15, 0.2) is 41.3 Å². The Balaban J connectivity index is 2.15. The van der Waals surface area contributed by atoms with Gasteiger partial charge in [0.2, 0.25) is 0 Å². The molecule has 4 nitrogen and oxygen atoms in total. The van der Waals surface area contributed by atoms with Crippen LogP contribution in [0.25, 0.3) is 0 Å². The topological polar surface area (TPSA) is 35.9 Å². The predicted molar refractivity (Wildman–Crippen MR) is 51.3 cm³/mol. The summed E-state index contributed by atoms with van der Waals surface area (Å²) in [5.41, 5.74) is 0.825. The van der Waals surface area contributed by atoms with Gasteiger partial charge >= 0.3 is 7.41 Å². The van der Waals surface area contributed by atoms with E-state index in [0.29, 0.717) is 0 Å². The third-order valence-electron chi connectivity index (χ3n) is 2.16. The number of nitrogens with zero attached hydrogens (tertiary/aromatic N) is 3.